The first-order chi connectivity index (χ1) is 25.3. The van der Waals surface area contributed by atoms with E-state index in [0.29, 0.717) is 0 Å². The molecule has 6 rings (SSSR count). The van der Waals surface area contributed by atoms with Crippen molar-refractivity contribution in [3.63, 3.8) is 0 Å². The number of alkyl halides is 4. The van der Waals surface area contributed by atoms with E-state index >= 15 is 0 Å². The van der Waals surface area contributed by atoms with Gasteiger partial charge in [0.1, 0.15) is 0 Å². The van der Waals surface area contributed by atoms with Crippen molar-refractivity contribution in [2.24, 2.45) is 0 Å². The Morgan fingerprint density at radius 3 is 1.23 bits per heavy atom. The largest absolute Gasteiger partial charge is 0.0928 e. The second-order valence-electron chi connectivity index (χ2n) is 14.1. The number of benzene rings is 4. The molecule has 0 saturated heterocycles. The van der Waals surface area contributed by atoms with Gasteiger partial charge in [0.05, 0.1) is 0 Å². The molecular weight excluding hydrogens is 1100 g/mol. The summed E-state index contributed by atoms with van der Waals surface area (Å²) in [6.45, 7) is 2.25. The highest BCUT2D eigenvalue weighted by molar-refractivity contribution is 9.11. The lowest BCUT2D eigenvalue weighted by Crippen LogP contribution is -2.25. The molecule has 0 amide bonds. The molecule has 0 atom stereocenters. The topological polar surface area (TPSA) is 0 Å². The van der Waals surface area contributed by atoms with Crippen LogP contribution in [-0.4, -0.2) is 21.3 Å². The van der Waals surface area contributed by atoms with E-state index in [1.807, 2.05) is 0 Å². The molecule has 0 unspecified atom stereocenters. The molecule has 52 heavy (non-hydrogen) atoms. The summed E-state index contributed by atoms with van der Waals surface area (Å²) in [4.78, 5) is 0. The fourth-order valence-electron chi connectivity index (χ4n) is 7.68. The SMILES string of the molecule is BrCCCCCCBr.Brc1ccc2c(c1)Cc1cc(Br)ccc1-2.Cc1ccc2c(c1)C(CCCCCCBr)(CCCCCCBr)c1cc(Br)ccc1-2. The fraction of sp³-hybridized carbons (Fsp3) is 0.467. The maximum Gasteiger partial charge on any atom is 0.0215 e. The van der Waals surface area contributed by atoms with E-state index in [9.17, 15) is 0 Å². The standard InChI is InChI=1S/C26H33Br3.C13H8Br2.C6H12Br2/c1-20-10-12-22-23-13-11-21(29)19-25(23)26(24(22)18-20,14-6-2-4-8-16-27)15-7-3-5-9-17-28;14-10-1-3-12-8(6-10)5-9-7-11(15)2-4-13(9)12;7-5-3-1-2-4-6-8/h10-13,18-19H,2-9,14-17H2,1H3;1-4,6-7H,5H2;1-6H2. The van der Waals surface area contributed by atoms with Crippen molar-refractivity contribution in [3.05, 3.63) is 114 Å². The van der Waals surface area contributed by atoms with Crippen LogP contribution in [0.5, 0.6) is 0 Å². The van der Waals surface area contributed by atoms with Gasteiger partial charge >= 0.3 is 0 Å². The molecule has 0 aromatic heterocycles. The lowest BCUT2D eigenvalue weighted by molar-refractivity contribution is 0.401. The molecule has 0 heterocycles. The van der Waals surface area contributed by atoms with Crippen LogP contribution in [0.2, 0.25) is 0 Å². The van der Waals surface area contributed by atoms with E-state index in [0.717, 1.165) is 36.7 Å². The zero-order chi connectivity index (χ0) is 37.3. The second kappa shape index (κ2) is 24.1. The maximum atomic E-state index is 3.77. The lowest BCUT2D eigenvalue weighted by atomic mass is 9.70. The summed E-state index contributed by atoms with van der Waals surface area (Å²) in [6.07, 6.45) is 19.5. The molecule has 0 saturated carbocycles. The van der Waals surface area contributed by atoms with Gasteiger partial charge in [0.2, 0.25) is 0 Å². The third-order valence-corrected chi connectivity index (χ3v) is 14.0. The number of rotatable bonds is 17. The van der Waals surface area contributed by atoms with Crippen LogP contribution in [0.4, 0.5) is 0 Å². The van der Waals surface area contributed by atoms with Crippen molar-refractivity contribution < 1.29 is 0 Å². The third kappa shape index (κ3) is 12.9. The van der Waals surface area contributed by atoms with Gasteiger partial charge in [-0.05, 0) is 133 Å². The summed E-state index contributed by atoms with van der Waals surface area (Å²) in [5.74, 6) is 0. The van der Waals surface area contributed by atoms with Gasteiger partial charge in [0.15, 0.2) is 0 Å². The number of hydrogen-bond acceptors (Lipinski definition) is 0. The number of fused-ring (bicyclic) bond motifs is 6. The summed E-state index contributed by atoms with van der Waals surface area (Å²) < 4.78 is 3.53. The van der Waals surface area contributed by atoms with Crippen LogP contribution in [-0.2, 0) is 11.8 Å². The predicted octanol–water partition coefficient (Wildman–Crippen LogP) is 17.8. The van der Waals surface area contributed by atoms with Gasteiger partial charge < -0.3 is 0 Å². The molecule has 4 aromatic carbocycles. The highest BCUT2D eigenvalue weighted by Crippen LogP contribution is 2.55. The molecule has 0 bridgehead atoms. The smallest absolute Gasteiger partial charge is 0.0215 e. The minimum absolute atomic E-state index is 0.184. The van der Waals surface area contributed by atoms with Crippen LogP contribution in [0, 0.1) is 6.92 Å². The molecule has 282 valence electrons. The van der Waals surface area contributed by atoms with Gasteiger partial charge in [0.25, 0.3) is 0 Å². The number of hydrogen-bond donors (Lipinski definition) is 0. The summed E-state index contributed by atoms with van der Waals surface area (Å²) in [7, 11) is 0. The van der Waals surface area contributed by atoms with Gasteiger partial charge in [-0.15, -0.1) is 0 Å². The Kier molecular flexibility index (Phi) is 20.8. The summed E-state index contributed by atoms with van der Waals surface area (Å²) in [5, 5.41) is 4.58. The Labute approximate surface area is 373 Å². The van der Waals surface area contributed by atoms with Gasteiger partial charge in [-0.1, -0.05) is 205 Å². The highest BCUT2D eigenvalue weighted by Gasteiger charge is 2.42. The first-order valence-corrected chi connectivity index (χ1v) is 25.9. The van der Waals surface area contributed by atoms with E-state index in [1.54, 1.807) is 11.1 Å². The normalized spacial score (nSPS) is 12.9. The Hall–Kier alpha value is 0.240. The maximum absolute atomic E-state index is 3.77. The molecule has 2 aliphatic carbocycles. The highest BCUT2D eigenvalue weighted by atomic mass is 79.9. The number of aryl methyl sites for hydroxylation is 1. The van der Waals surface area contributed by atoms with Gasteiger partial charge in [-0.2, -0.15) is 0 Å². The van der Waals surface area contributed by atoms with Crippen LogP contribution in [0.1, 0.15) is 118 Å². The van der Waals surface area contributed by atoms with E-state index in [4.69, 9.17) is 0 Å². The van der Waals surface area contributed by atoms with E-state index in [2.05, 4.69) is 191 Å². The Bertz CT molecular complexity index is 1560. The molecule has 0 spiro atoms. The van der Waals surface area contributed by atoms with Crippen molar-refractivity contribution in [2.75, 3.05) is 21.3 Å². The first kappa shape index (κ1) is 44.9. The van der Waals surface area contributed by atoms with Crippen LogP contribution >= 0.6 is 112 Å². The lowest BCUT2D eigenvalue weighted by Gasteiger charge is -2.33. The average molecular weight is 1150 g/mol. The van der Waals surface area contributed by atoms with Crippen molar-refractivity contribution in [1.82, 2.24) is 0 Å². The summed E-state index contributed by atoms with van der Waals surface area (Å²) in [5.41, 5.74) is 13.2. The number of halogens is 7. The zero-order valence-electron chi connectivity index (χ0n) is 30.5. The predicted molar refractivity (Wildman–Crippen MR) is 255 cm³/mol. The van der Waals surface area contributed by atoms with Gasteiger partial charge in [0, 0.05) is 40.2 Å². The van der Waals surface area contributed by atoms with Crippen molar-refractivity contribution in [3.8, 4) is 22.3 Å². The molecule has 2 aliphatic rings. The van der Waals surface area contributed by atoms with E-state index in [1.165, 1.54) is 133 Å². The van der Waals surface area contributed by atoms with Crippen molar-refractivity contribution in [1.29, 1.82) is 0 Å². The van der Waals surface area contributed by atoms with Gasteiger partial charge in [-0.25, -0.2) is 0 Å². The summed E-state index contributed by atoms with van der Waals surface area (Å²) >= 11 is 24.7. The molecule has 0 nitrogen and oxygen atoms in total. The Morgan fingerprint density at radius 2 is 0.788 bits per heavy atom. The second-order valence-corrected chi connectivity index (χ2v) is 20.0. The van der Waals surface area contributed by atoms with Gasteiger partial charge in [-0.3, -0.25) is 0 Å². The molecule has 4 aromatic rings. The third-order valence-electron chi connectivity index (χ3n) is 10.3. The summed E-state index contributed by atoms with van der Waals surface area (Å²) in [6, 6.07) is 27.1. The molecular formula is C45H53Br7. The Balaban J connectivity index is 0.000000216. The minimum Gasteiger partial charge on any atom is -0.0928 e. The molecule has 0 fully saturated rings. The molecule has 0 radical (unpaired) electrons. The van der Waals surface area contributed by atoms with Crippen LogP contribution in [0.25, 0.3) is 22.3 Å². The average Bonchev–Trinajstić information content (AvgIpc) is 3.61. The van der Waals surface area contributed by atoms with Crippen molar-refractivity contribution >= 4 is 112 Å². The molecule has 0 N–H and O–H groups in total. The van der Waals surface area contributed by atoms with Crippen LogP contribution < -0.4 is 0 Å². The zero-order valence-corrected chi connectivity index (χ0v) is 41.6. The van der Waals surface area contributed by atoms with Crippen LogP contribution in [0.3, 0.4) is 0 Å². The van der Waals surface area contributed by atoms with E-state index in [-0.39, 0.29) is 5.41 Å². The minimum atomic E-state index is 0.184. The Morgan fingerprint density at radius 1 is 0.423 bits per heavy atom. The fourth-order valence-corrected chi connectivity index (χ4v) is 10.4. The first-order valence-electron chi connectivity index (χ1n) is 19.0. The molecule has 7 heteroatoms. The number of unbranched alkanes of at least 4 members (excludes halogenated alkanes) is 9. The quantitative estimate of drug-likeness (QED) is 0.0643. The monoisotopic (exact) mass is 1150 g/mol. The van der Waals surface area contributed by atoms with E-state index < -0.39 is 0 Å². The van der Waals surface area contributed by atoms with Crippen molar-refractivity contribution in [2.45, 2.75) is 109 Å². The van der Waals surface area contributed by atoms with Crippen LogP contribution in [0.15, 0.2) is 86.2 Å². The molecule has 0 aliphatic heterocycles.